The van der Waals surface area contributed by atoms with Gasteiger partial charge >= 0.3 is 5.97 Å². The van der Waals surface area contributed by atoms with E-state index in [9.17, 15) is 4.79 Å². The van der Waals surface area contributed by atoms with Gasteiger partial charge in [-0.25, -0.2) is 4.79 Å². The molecule has 1 aliphatic rings. The highest BCUT2D eigenvalue weighted by Gasteiger charge is 2.47. The summed E-state index contributed by atoms with van der Waals surface area (Å²) in [6, 6.07) is 23.2. The van der Waals surface area contributed by atoms with Crippen molar-refractivity contribution in [1.82, 2.24) is 0 Å². The van der Waals surface area contributed by atoms with Gasteiger partial charge < -0.3 is 19.5 Å². The molecule has 0 aromatic heterocycles. The van der Waals surface area contributed by atoms with Gasteiger partial charge in [0.05, 0.1) is 12.2 Å². The van der Waals surface area contributed by atoms with E-state index in [0.29, 0.717) is 12.2 Å². The molecular formula is C27H29NO4. The summed E-state index contributed by atoms with van der Waals surface area (Å²) in [4.78, 5) is 13.0. The Morgan fingerprint density at radius 1 is 1.03 bits per heavy atom. The van der Waals surface area contributed by atoms with Crippen LogP contribution in [0.1, 0.15) is 47.0 Å². The second-order valence-corrected chi connectivity index (χ2v) is 8.62. The number of carbonyl (C=O) groups excluding carboxylic acids is 1. The fourth-order valence-electron chi connectivity index (χ4n) is 3.90. The lowest BCUT2D eigenvalue weighted by atomic mass is 9.87. The molecule has 1 N–H and O–H groups in total. The normalized spacial score (nSPS) is 18.9. The van der Waals surface area contributed by atoms with Crippen molar-refractivity contribution in [2.75, 3.05) is 12.4 Å². The van der Waals surface area contributed by atoms with E-state index in [4.69, 9.17) is 14.2 Å². The molecule has 3 aromatic rings. The van der Waals surface area contributed by atoms with Crippen LogP contribution in [0.5, 0.6) is 5.75 Å². The van der Waals surface area contributed by atoms with Crippen molar-refractivity contribution in [3.63, 3.8) is 0 Å². The zero-order valence-corrected chi connectivity index (χ0v) is 18.9. The zero-order valence-electron chi connectivity index (χ0n) is 18.9. The maximum absolute atomic E-state index is 13.0. The maximum Gasteiger partial charge on any atom is 0.338 e. The average molecular weight is 432 g/mol. The van der Waals surface area contributed by atoms with E-state index in [1.807, 2.05) is 88.5 Å². The molecule has 5 nitrogen and oxygen atoms in total. The van der Waals surface area contributed by atoms with Crippen molar-refractivity contribution in [3.05, 3.63) is 95.1 Å². The first-order valence-corrected chi connectivity index (χ1v) is 10.8. The molecule has 2 unspecified atom stereocenters. The molecule has 1 aliphatic heterocycles. The minimum absolute atomic E-state index is 0.392. The fraction of sp³-hybridized carbons (Fsp3) is 0.296. The Morgan fingerprint density at radius 2 is 1.75 bits per heavy atom. The second-order valence-electron chi connectivity index (χ2n) is 8.62. The van der Waals surface area contributed by atoms with Crippen molar-refractivity contribution < 1.29 is 19.0 Å². The van der Waals surface area contributed by atoms with E-state index in [1.54, 1.807) is 12.1 Å². The van der Waals surface area contributed by atoms with Crippen LogP contribution in [0.15, 0.2) is 72.8 Å². The molecular weight excluding hydrogens is 402 g/mol. The Bertz CT molecular complexity index is 1080. The Morgan fingerprint density at radius 3 is 2.44 bits per heavy atom. The number of anilines is 1. The number of hydrogen-bond donors (Lipinski definition) is 1. The Kier molecular flexibility index (Phi) is 6.19. The number of nitrogens with one attached hydrogen (secondary N) is 1. The molecule has 3 aromatic carbocycles. The third-order valence-electron chi connectivity index (χ3n) is 5.73. The molecule has 0 bridgehead atoms. The van der Waals surface area contributed by atoms with Gasteiger partial charge in [0.25, 0.3) is 0 Å². The molecule has 0 spiro atoms. The number of aryl methyl sites for hydroxylation is 1. The van der Waals surface area contributed by atoms with Crippen LogP contribution in [0.4, 0.5) is 5.69 Å². The van der Waals surface area contributed by atoms with Crippen LogP contribution in [0.2, 0.25) is 0 Å². The summed E-state index contributed by atoms with van der Waals surface area (Å²) in [5.74, 6) is 0.336. The predicted octanol–water partition coefficient (Wildman–Crippen LogP) is 5.69. The molecule has 0 saturated carbocycles. The topological polar surface area (TPSA) is 56.8 Å². The van der Waals surface area contributed by atoms with E-state index in [2.05, 4.69) is 5.32 Å². The SMILES string of the molecule is CNc1ccc2c(c1)C(OCc1ccccc1)C(OC(=O)c1ccc(C)cc1)C(C)(C)O2. The van der Waals surface area contributed by atoms with Gasteiger partial charge in [-0.15, -0.1) is 0 Å². The predicted molar refractivity (Wildman–Crippen MR) is 125 cm³/mol. The van der Waals surface area contributed by atoms with E-state index in [1.165, 1.54) is 0 Å². The third-order valence-corrected chi connectivity index (χ3v) is 5.73. The first-order valence-electron chi connectivity index (χ1n) is 10.8. The quantitative estimate of drug-likeness (QED) is 0.508. The summed E-state index contributed by atoms with van der Waals surface area (Å²) in [5, 5.41) is 3.16. The van der Waals surface area contributed by atoms with Crippen LogP contribution in [0.3, 0.4) is 0 Å². The van der Waals surface area contributed by atoms with Gasteiger partial charge in [-0.05, 0) is 56.7 Å². The highest BCUT2D eigenvalue weighted by molar-refractivity contribution is 5.89. The van der Waals surface area contributed by atoms with Gasteiger partial charge in [0, 0.05) is 18.3 Å². The monoisotopic (exact) mass is 431 g/mol. The summed E-state index contributed by atoms with van der Waals surface area (Å²) in [6.45, 7) is 6.22. The van der Waals surface area contributed by atoms with Gasteiger partial charge in [-0.2, -0.15) is 0 Å². The van der Waals surface area contributed by atoms with Gasteiger partial charge in [-0.1, -0.05) is 48.0 Å². The Balaban J connectivity index is 1.68. The summed E-state index contributed by atoms with van der Waals surface area (Å²) >= 11 is 0. The molecule has 4 rings (SSSR count). The Hall–Kier alpha value is -3.31. The van der Waals surface area contributed by atoms with Crippen LogP contribution < -0.4 is 10.1 Å². The number of rotatable bonds is 6. The van der Waals surface area contributed by atoms with Crippen molar-refractivity contribution >= 4 is 11.7 Å². The van der Waals surface area contributed by atoms with Crippen molar-refractivity contribution in [1.29, 1.82) is 0 Å². The van der Waals surface area contributed by atoms with Crippen molar-refractivity contribution in [2.24, 2.45) is 0 Å². The highest BCUT2D eigenvalue weighted by Crippen LogP contribution is 2.45. The average Bonchev–Trinajstić information content (AvgIpc) is 2.79. The van der Waals surface area contributed by atoms with Crippen molar-refractivity contribution in [3.8, 4) is 5.75 Å². The fourth-order valence-corrected chi connectivity index (χ4v) is 3.90. The summed E-state index contributed by atoms with van der Waals surface area (Å²) < 4.78 is 18.8. The van der Waals surface area contributed by atoms with Gasteiger partial charge in [-0.3, -0.25) is 0 Å². The molecule has 32 heavy (non-hydrogen) atoms. The number of hydrogen-bond acceptors (Lipinski definition) is 5. The molecule has 0 aliphatic carbocycles. The standard InChI is InChI=1S/C27H29NO4/c1-18-10-12-20(13-11-18)26(29)31-25-24(30-17-19-8-6-5-7-9-19)22-16-21(28-4)14-15-23(22)32-27(25,2)3/h5-16,24-25,28H,17H2,1-4H3. The van der Waals surface area contributed by atoms with Crippen LogP contribution in [0.25, 0.3) is 0 Å². The second kappa shape index (κ2) is 9.05. The van der Waals surface area contributed by atoms with Crippen LogP contribution in [-0.4, -0.2) is 24.7 Å². The minimum Gasteiger partial charge on any atom is -0.483 e. The molecule has 5 heteroatoms. The highest BCUT2D eigenvalue weighted by atomic mass is 16.6. The van der Waals surface area contributed by atoms with E-state index >= 15 is 0 Å². The van der Waals surface area contributed by atoms with Gasteiger partial charge in [0.1, 0.15) is 17.5 Å². The third kappa shape index (κ3) is 4.63. The van der Waals surface area contributed by atoms with Crippen LogP contribution in [0, 0.1) is 6.92 Å². The zero-order chi connectivity index (χ0) is 22.7. The van der Waals surface area contributed by atoms with Crippen LogP contribution in [-0.2, 0) is 16.1 Å². The molecule has 1 heterocycles. The molecule has 166 valence electrons. The van der Waals surface area contributed by atoms with Gasteiger partial charge in [0.2, 0.25) is 0 Å². The molecule has 0 radical (unpaired) electrons. The summed E-state index contributed by atoms with van der Waals surface area (Å²) in [5.41, 5.74) is 3.64. The lowest BCUT2D eigenvalue weighted by Gasteiger charge is -2.43. The first-order chi connectivity index (χ1) is 15.4. The number of esters is 1. The summed E-state index contributed by atoms with van der Waals surface area (Å²) in [6.07, 6.45) is -1.13. The largest absolute Gasteiger partial charge is 0.483 e. The smallest absolute Gasteiger partial charge is 0.338 e. The van der Waals surface area contributed by atoms with Crippen molar-refractivity contribution in [2.45, 2.75) is 45.2 Å². The number of benzene rings is 3. The molecule has 2 atom stereocenters. The lowest BCUT2D eigenvalue weighted by Crippen LogP contribution is -2.51. The van der Waals surface area contributed by atoms with Gasteiger partial charge in [0.15, 0.2) is 6.10 Å². The summed E-state index contributed by atoms with van der Waals surface area (Å²) in [7, 11) is 1.87. The Labute approximate surface area is 189 Å². The molecule has 0 amide bonds. The van der Waals surface area contributed by atoms with Crippen LogP contribution >= 0.6 is 0 Å². The first kappa shape index (κ1) is 21.9. The lowest BCUT2D eigenvalue weighted by molar-refractivity contribution is -0.143. The van der Waals surface area contributed by atoms with E-state index in [0.717, 1.165) is 28.1 Å². The number of carbonyl (C=O) groups is 1. The minimum atomic E-state index is -0.782. The maximum atomic E-state index is 13.0. The molecule has 0 saturated heterocycles. The molecule has 0 fully saturated rings. The number of fused-ring (bicyclic) bond motifs is 1. The van der Waals surface area contributed by atoms with E-state index in [-0.39, 0.29) is 0 Å². The number of ether oxygens (including phenoxy) is 3. The van der Waals surface area contributed by atoms with E-state index < -0.39 is 23.8 Å².